The van der Waals surface area contributed by atoms with E-state index in [0.717, 1.165) is 12.0 Å². The Morgan fingerprint density at radius 2 is 2.00 bits per heavy atom. The van der Waals surface area contributed by atoms with Crippen molar-refractivity contribution in [2.24, 2.45) is 0 Å². The molecule has 0 radical (unpaired) electrons. The number of benzene rings is 2. The Balaban J connectivity index is 1.95. The van der Waals surface area contributed by atoms with Gasteiger partial charge in [0, 0.05) is 14.8 Å². The molecule has 1 amide bonds. The third kappa shape index (κ3) is 2.14. The van der Waals surface area contributed by atoms with Crippen molar-refractivity contribution in [3.63, 3.8) is 0 Å². The molecular formula is C17H17NO. The van der Waals surface area contributed by atoms with E-state index in [1.165, 1.54) is 22.3 Å². The molecule has 0 saturated carbocycles. The lowest BCUT2D eigenvalue weighted by Gasteiger charge is -2.08. The van der Waals surface area contributed by atoms with Crippen LogP contribution in [0.4, 0.5) is 0 Å². The number of nitrogens with one attached hydrogen (secondary N) is 1. The van der Waals surface area contributed by atoms with Gasteiger partial charge in [-0.2, -0.15) is 0 Å². The maximum absolute atomic E-state index is 11.5. The summed E-state index contributed by atoms with van der Waals surface area (Å²) >= 11 is 0. The molecule has 2 nitrogen and oxygen atoms in total. The minimum Gasteiger partial charge on any atom is -0.359 e. The minimum atomic E-state index is -0.741. The van der Waals surface area contributed by atoms with Crippen molar-refractivity contribution in [2.75, 3.05) is 7.05 Å². The summed E-state index contributed by atoms with van der Waals surface area (Å²) in [6.07, 6.45) is 0.633. The molecule has 19 heavy (non-hydrogen) atoms. The van der Waals surface area contributed by atoms with Crippen molar-refractivity contribution in [2.45, 2.75) is 19.2 Å². The first-order valence-corrected chi connectivity index (χ1v) is 6.53. The molecule has 0 bridgehead atoms. The van der Waals surface area contributed by atoms with Crippen LogP contribution >= 0.6 is 0 Å². The van der Waals surface area contributed by atoms with E-state index >= 15 is 0 Å². The van der Waals surface area contributed by atoms with Crippen molar-refractivity contribution in [3.05, 3.63) is 59.2 Å². The molecule has 0 aromatic heterocycles. The SMILES string of the molecule is [2H]C(Cc1cccc2c1Cc1ccccc1-2)C(=O)NC. The lowest BCUT2D eigenvalue weighted by atomic mass is 9.98. The molecule has 1 aliphatic rings. The lowest BCUT2D eigenvalue weighted by Crippen LogP contribution is -2.18. The van der Waals surface area contributed by atoms with Gasteiger partial charge in [-0.05, 0) is 40.7 Å². The van der Waals surface area contributed by atoms with Gasteiger partial charge >= 0.3 is 0 Å². The topological polar surface area (TPSA) is 29.1 Å². The van der Waals surface area contributed by atoms with Crippen LogP contribution in [0, 0.1) is 0 Å². The van der Waals surface area contributed by atoms with Gasteiger partial charge < -0.3 is 5.32 Å². The van der Waals surface area contributed by atoms with E-state index in [9.17, 15) is 4.79 Å². The Morgan fingerprint density at radius 3 is 2.84 bits per heavy atom. The van der Waals surface area contributed by atoms with Gasteiger partial charge in [-0.1, -0.05) is 42.5 Å². The number of carbonyl (C=O) groups is 1. The van der Waals surface area contributed by atoms with Gasteiger partial charge in [-0.25, -0.2) is 0 Å². The van der Waals surface area contributed by atoms with Crippen LogP contribution in [-0.4, -0.2) is 13.0 Å². The zero-order valence-corrected chi connectivity index (χ0v) is 10.9. The monoisotopic (exact) mass is 252 g/mol. The van der Waals surface area contributed by atoms with Crippen molar-refractivity contribution < 1.29 is 6.17 Å². The van der Waals surface area contributed by atoms with E-state index in [1.54, 1.807) is 7.05 Å². The summed E-state index contributed by atoms with van der Waals surface area (Å²) in [5.74, 6) is -0.224. The summed E-state index contributed by atoms with van der Waals surface area (Å²) in [6.45, 7) is 0. The van der Waals surface area contributed by atoms with E-state index in [4.69, 9.17) is 1.37 Å². The van der Waals surface area contributed by atoms with Crippen LogP contribution in [-0.2, 0) is 17.6 Å². The summed E-state index contributed by atoms with van der Waals surface area (Å²) in [4.78, 5) is 11.5. The highest BCUT2D eigenvalue weighted by atomic mass is 16.1. The minimum absolute atomic E-state index is 0.224. The Kier molecular flexibility index (Phi) is 2.78. The molecule has 0 heterocycles. The van der Waals surface area contributed by atoms with E-state index in [0.29, 0.717) is 6.42 Å². The van der Waals surface area contributed by atoms with Crippen molar-refractivity contribution in [1.82, 2.24) is 5.32 Å². The van der Waals surface area contributed by atoms with Crippen LogP contribution < -0.4 is 5.32 Å². The second-order valence-corrected chi connectivity index (χ2v) is 4.80. The molecule has 2 heteroatoms. The van der Waals surface area contributed by atoms with Crippen LogP contribution in [0.5, 0.6) is 0 Å². The van der Waals surface area contributed by atoms with Crippen LogP contribution in [0.2, 0.25) is 0 Å². The van der Waals surface area contributed by atoms with Gasteiger partial charge in [-0.15, -0.1) is 0 Å². The highest BCUT2D eigenvalue weighted by Gasteiger charge is 2.20. The van der Waals surface area contributed by atoms with Gasteiger partial charge in [0.15, 0.2) is 0 Å². The fraction of sp³-hybridized carbons (Fsp3) is 0.235. The first-order chi connectivity index (χ1) is 9.70. The second kappa shape index (κ2) is 4.88. The molecule has 1 unspecified atom stereocenters. The van der Waals surface area contributed by atoms with Gasteiger partial charge in [0.2, 0.25) is 5.91 Å². The summed E-state index contributed by atoms with van der Waals surface area (Å²) in [5, 5.41) is 2.54. The first-order valence-electron chi connectivity index (χ1n) is 7.11. The number of carbonyl (C=O) groups excluding carboxylic acids is 1. The molecule has 0 spiro atoms. The molecule has 0 aliphatic heterocycles. The Morgan fingerprint density at radius 1 is 1.21 bits per heavy atom. The largest absolute Gasteiger partial charge is 0.359 e. The third-order valence-electron chi connectivity index (χ3n) is 3.70. The van der Waals surface area contributed by atoms with Gasteiger partial charge in [0.25, 0.3) is 0 Å². The summed E-state index contributed by atoms with van der Waals surface area (Å²) < 4.78 is 7.93. The molecule has 0 saturated heterocycles. The second-order valence-electron chi connectivity index (χ2n) is 4.80. The molecular weight excluding hydrogens is 234 g/mol. The summed E-state index contributed by atoms with van der Waals surface area (Å²) in [6, 6.07) is 14.6. The van der Waals surface area contributed by atoms with Crippen LogP contribution in [0.15, 0.2) is 42.5 Å². The van der Waals surface area contributed by atoms with Crippen molar-refractivity contribution in [3.8, 4) is 11.1 Å². The molecule has 1 N–H and O–H groups in total. The Labute approximate surface area is 114 Å². The first kappa shape index (κ1) is 10.8. The molecule has 2 aromatic rings. The zero-order valence-electron chi connectivity index (χ0n) is 11.9. The maximum atomic E-state index is 11.5. The molecule has 0 fully saturated rings. The molecule has 3 rings (SSSR count). The number of amides is 1. The summed E-state index contributed by atoms with van der Waals surface area (Å²) in [5.41, 5.74) is 6.25. The molecule has 1 atom stereocenters. The Bertz CT molecular complexity index is 666. The average molecular weight is 252 g/mol. The van der Waals surface area contributed by atoms with E-state index < -0.39 is 6.40 Å². The number of rotatable bonds is 3. The highest BCUT2D eigenvalue weighted by Crippen LogP contribution is 2.38. The van der Waals surface area contributed by atoms with Crippen LogP contribution in [0.25, 0.3) is 11.1 Å². The van der Waals surface area contributed by atoms with Crippen LogP contribution in [0.3, 0.4) is 0 Å². The van der Waals surface area contributed by atoms with E-state index in [1.807, 2.05) is 12.1 Å². The predicted octanol–water partition coefficient (Wildman–Crippen LogP) is 2.94. The fourth-order valence-corrected chi connectivity index (χ4v) is 2.72. The average Bonchev–Trinajstić information content (AvgIpc) is 2.86. The van der Waals surface area contributed by atoms with Gasteiger partial charge in [0.05, 0.1) is 0 Å². The Hall–Kier alpha value is -2.09. The number of hydrogen-bond donors (Lipinski definition) is 1. The normalized spacial score (nSPS) is 14.3. The van der Waals surface area contributed by atoms with Crippen molar-refractivity contribution in [1.29, 1.82) is 0 Å². The zero-order chi connectivity index (χ0) is 14.1. The lowest BCUT2D eigenvalue weighted by molar-refractivity contribution is -0.120. The van der Waals surface area contributed by atoms with Gasteiger partial charge in [0.1, 0.15) is 0 Å². The quantitative estimate of drug-likeness (QED) is 0.763. The van der Waals surface area contributed by atoms with E-state index in [-0.39, 0.29) is 5.91 Å². The third-order valence-corrected chi connectivity index (χ3v) is 3.70. The van der Waals surface area contributed by atoms with E-state index in [2.05, 4.69) is 35.6 Å². The summed E-state index contributed by atoms with van der Waals surface area (Å²) in [7, 11) is 1.58. The van der Waals surface area contributed by atoms with Crippen molar-refractivity contribution >= 4 is 5.91 Å². The molecule has 2 aromatic carbocycles. The fourth-order valence-electron chi connectivity index (χ4n) is 2.72. The highest BCUT2D eigenvalue weighted by molar-refractivity contribution is 5.79. The number of aryl methyl sites for hydroxylation is 1. The standard InChI is InChI=1S/C17H17NO/c1-18-17(19)10-9-12-6-4-8-15-14-7-3-2-5-13(14)11-16(12)15/h2-8H,9-11H2,1H3,(H,18,19)/i10D. The number of fused-ring (bicyclic) bond motifs is 3. The molecule has 1 aliphatic carbocycles. The number of hydrogen-bond acceptors (Lipinski definition) is 1. The van der Waals surface area contributed by atoms with Crippen LogP contribution in [0.1, 0.15) is 24.5 Å². The predicted molar refractivity (Wildman–Crippen MR) is 77.1 cm³/mol. The maximum Gasteiger partial charge on any atom is 0.220 e. The van der Waals surface area contributed by atoms with Gasteiger partial charge in [-0.3, -0.25) is 4.79 Å². The molecule has 96 valence electrons. The smallest absolute Gasteiger partial charge is 0.220 e.